The number of carboxylic acids is 1. The molecule has 0 radical (unpaired) electrons. The lowest BCUT2D eigenvalue weighted by atomic mass is 9.92. The van der Waals surface area contributed by atoms with Crippen molar-refractivity contribution in [3.05, 3.63) is 93.3 Å². The summed E-state index contributed by atoms with van der Waals surface area (Å²) >= 11 is 0. The standard InChI is InChI=1S/C31H31FN4O4/c1-2-5-28-26(16-20-8-13-25(27(32)17-20)24-7-4-3-6-21(24)18-33)31(39)35(29-14-15-34-36(28)29)22-9-11-23(12-10-22)40-19-30(37)38/h3-4,6-8,13-15,17,22-23H,2,5,9-12,16,19H2,1H3,(H,37,38)/t22-,23-. The maximum absolute atomic E-state index is 15.4. The van der Waals surface area contributed by atoms with E-state index in [2.05, 4.69) is 11.2 Å². The zero-order valence-electron chi connectivity index (χ0n) is 22.3. The molecule has 2 aromatic heterocycles. The number of hydrogen-bond donors (Lipinski definition) is 1. The summed E-state index contributed by atoms with van der Waals surface area (Å²) in [5.74, 6) is -1.44. The van der Waals surface area contributed by atoms with Gasteiger partial charge in [-0.3, -0.25) is 9.36 Å². The Kier molecular flexibility index (Phi) is 8.08. The maximum atomic E-state index is 15.4. The van der Waals surface area contributed by atoms with E-state index in [1.807, 2.05) is 28.1 Å². The third-order valence-corrected chi connectivity index (χ3v) is 7.64. The topological polar surface area (TPSA) is 110 Å². The zero-order valence-corrected chi connectivity index (χ0v) is 22.3. The van der Waals surface area contributed by atoms with Crippen molar-refractivity contribution in [1.29, 1.82) is 5.26 Å². The summed E-state index contributed by atoms with van der Waals surface area (Å²) in [4.78, 5) is 25.0. The quantitative estimate of drug-likeness (QED) is 0.307. The molecule has 8 nitrogen and oxygen atoms in total. The molecule has 0 aliphatic heterocycles. The van der Waals surface area contributed by atoms with Crippen LogP contribution in [0.2, 0.25) is 0 Å². The minimum Gasteiger partial charge on any atom is -0.480 e. The minimum atomic E-state index is -0.991. The smallest absolute Gasteiger partial charge is 0.329 e. The van der Waals surface area contributed by atoms with Gasteiger partial charge in [0.25, 0.3) is 5.56 Å². The number of aromatic nitrogens is 3. The van der Waals surface area contributed by atoms with Gasteiger partial charge in [0, 0.05) is 35.2 Å². The number of rotatable bonds is 9. The summed E-state index contributed by atoms with van der Waals surface area (Å²) in [6.45, 7) is 1.72. The van der Waals surface area contributed by atoms with Gasteiger partial charge in [-0.05, 0) is 49.8 Å². The number of nitrogens with zero attached hydrogens (tertiary/aromatic N) is 4. The molecule has 0 saturated heterocycles. The predicted molar refractivity (Wildman–Crippen MR) is 148 cm³/mol. The van der Waals surface area contributed by atoms with Crippen LogP contribution >= 0.6 is 0 Å². The fourth-order valence-corrected chi connectivity index (χ4v) is 5.78. The highest BCUT2D eigenvalue weighted by Gasteiger charge is 2.28. The number of aliphatic carboxylic acids is 1. The van der Waals surface area contributed by atoms with Crippen LogP contribution in [0, 0.1) is 17.1 Å². The molecule has 206 valence electrons. The maximum Gasteiger partial charge on any atom is 0.329 e. The van der Waals surface area contributed by atoms with Crippen LogP contribution in [0.25, 0.3) is 16.8 Å². The monoisotopic (exact) mass is 542 g/mol. The molecule has 4 aromatic rings. The summed E-state index contributed by atoms with van der Waals surface area (Å²) in [7, 11) is 0. The summed E-state index contributed by atoms with van der Waals surface area (Å²) in [6, 6.07) is 15.7. The van der Waals surface area contributed by atoms with Gasteiger partial charge in [0.1, 0.15) is 18.1 Å². The van der Waals surface area contributed by atoms with E-state index in [0.29, 0.717) is 59.9 Å². The van der Waals surface area contributed by atoms with Crippen LogP contribution in [0.4, 0.5) is 4.39 Å². The summed E-state index contributed by atoms with van der Waals surface area (Å²) < 4.78 is 24.5. The van der Waals surface area contributed by atoms with Crippen molar-refractivity contribution < 1.29 is 19.0 Å². The number of nitriles is 1. The van der Waals surface area contributed by atoms with Crippen molar-refractivity contribution in [2.75, 3.05) is 6.61 Å². The van der Waals surface area contributed by atoms with Crippen LogP contribution in [0.15, 0.2) is 59.5 Å². The van der Waals surface area contributed by atoms with Crippen molar-refractivity contribution in [3.8, 4) is 17.2 Å². The lowest BCUT2D eigenvalue weighted by Crippen LogP contribution is -2.35. The molecule has 1 saturated carbocycles. The number of hydrogen-bond acceptors (Lipinski definition) is 5. The number of benzene rings is 2. The Labute approximate surface area is 231 Å². The molecule has 0 unspecified atom stereocenters. The van der Waals surface area contributed by atoms with Crippen LogP contribution in [0.5, 0.6) is 0 Å². The Balaban J connectivity index is 1.50. The number of ether oxygens (including phenoxy) is 1. The first kappa shape index (κ1) is 27.3. The summed E-state index contributed by atoms with van der Waals surface area (Å²) in [5.41, 5.74) is 3.96. The second kappa shape index (κ2) is 11.8. The Morgan fingerprint density at radius 2 is 1.93 bits per heavy atom. The van der Waals surface area contributed by atoms with E-state index in [1.54, 1.807) is 36.5 Å². The lowest BCUT2D eigenvalue weighted by molar-refractivity contribution is -0.145. The van der Waals surface area contributed by atoms with Gasteiger partial charge < -0.3 is 9.84 Å². The molecular formula is C31H31FN4O4. The van der Waals surface area contributed by atoms with Crippen LogP contribution in [0.3, 0.4) is 0 Å². The Morgan fingerprint density at radius 3 is 2.62 bits per heavy atom. The average Bonchev–Trinajstić information content (AvgIpc) is 3.44. The lowest BCUT2D eigenvalue weighted by Gasteiger charge is -2.30. The Morgan fingerprint density at radius 1 is 1.15 bits per heavy atom. The molecule has 2 heterocycles. The van der Waals surface area contributed by atoms with E-state index in [9.17, 15) is 14.9 Å². The van der Waals surface area contributed by atoms with E-state index in [-0.39, 0.29) is 30.7 Å². The normalized spacial score (nSPS) is 17.1. The number of carbonyl (C=O) groups is 1. The fourth-order valence-electron chi connectivity index (χ4n) is 5.78. The van der Waals surface area contributed by atoms with Gasteiger partial charge in [0.05, 0.1) is 29.6 Å². The highest BCUT2D eigenvalue weighted by molar-refractivity contribution is 5.71. The van der Waals surface area contributed by atoms with Crippen molar-refractivity contribution in [2.45, 2.75) is 64.0 Å². The van der Waals surface area contributed by atoms with E-state index >= 15 is 4.39 Å². The van der Waals surface area contributed by atoms with Gasteiger partial charge >= 0.3 is 5.97 Å². The first-order valence-corrected chi connectivity index (χ1v) is 13.6. The Hall–Kier alpha value is -4.29. The van der Waals surface area contributed by atoms with Crippen molar-refractivity contribution in [3.63, 3.8) is 0 Å². The second-order valence-electron chi connectivity index (χ2n) is 10.2. The number of fused-ring (bicyclic) bond motifs is 1. The number of halogens is 1. The van der Waals surface area contributed by atoms with Crippen LogP contribution < -0.4 is 5.56 Å². The number of aryl methyl sites for hydroxylation is 1. The van der Waals surface area contributed by atoms with E-state index in [4.69, 9.17) is 9.84 Å². The molecule has 0 atom stereocenters. The third-order valence-electron chi connectivity index (χ3n) is 7.64. The average molecular weight is 543 g/mol. The molecule has 5 rings (SSSR count). The molecule has 1 fully saturated rings. The van der Waals surface area contributed by atoms with E-state index in [0.717, 1.165) is 17.8 Å². The molecule has 2 aromatic carbocycles. The van der Waals surface area contributed by atoms with Crippen molar-refractivity contribution >= 4 is 11.6 Å². The highest BCUT2D eigenvalue weighted by atomic mass is 19.1. The molecule has 40 heavy (non-hydrogen) atoms. The molecular weight excluding hydrogens is 511 g/mol. The molecule has 1 N–H and O–H groups in total. The van der Waals surface area contributed by atoms with E-state index in [1.165, 1.54) is 6.07 Å². The summed E-state index contributed by atoms with van der Waals surface area (Å²) in [6.07, 6.45) is 5.94. The summed E-state index contributed by atoms with van der Waals surface area (Å²) in [5, 5.41) is 22.9. The van der Waals surface area contributed by atoms with Gasteiger partial charge in [0.15, 0.2) is 0 Å². The van der Waals surface area contributed by atoms with E-state index < -0.39 is 11.8 Å². The fraction of sp³-hybridized carbons (Fsp3) is 0.355. The number of carboxylic acid groups (broad SMARTS) is 1. The Bertz CT molecular complexity index is 1640. The molecule has 0 spiro atoms. The molecule has 9 heteroatoms. The van der Waals surface area contributed by atoms with Gasteiger partial charge in [-0.25, -0.2) is 13.7 Å². The van der Waals surface area contributed by atoms with Gasteiger partial charge in [-0.2, -0.15) is 10.4 Å². The second-order valence-corrected chi connectivity index (χ2v) is 10.2. The van der Waals surface area contributed by atoms with Gasteiger partial charge in [-0.15, -0.1) is 0 Å². The highest BCUT2D eigenvalue weighted by Crippen LogP contribution is 2.32. The van der Waals surface area contributed by atoms with Crippen LogP contribution in [0.1, 0.15) is 67.5 Å². The van der Waals surface area contributed by atoms with Gasteiger partial charge in [-0.1, -0.05) is 43.7 Å². The molecule has 1 aliphatic carbocycles. The molecule has 1 aliphatic rings. The van der Waals surface area contributed by atoms with Crippen molar-refractivity contribution in [1.82, 2.24) is 14.2 Å². The van der Waals surface area contributed by atoms with Gasteiger partial charge in [0.2, 0.25) is 0 Å². The zero-order chi connectivity index (χ0) is 28.2. The van der Waals surface area contributed by atoms with Crippen LogP contribution in [-0.4, -0.2) is 38.0 Å². The third kappa shape index (κ3) is 5.40. The predicted octanol–water partition coefficient (Wildman–Crippen LogP) is 5.30. The first-order valence-electron chi connectivity index (χ1n) is 13.6. The largest absolute Gasteiger partial charge is 0.480 e. The van der Waals surface area contributed by atoms with Crippen LogP contribution in [-0.2, 0) is 22.4 Å². The minimum absolute atomic E-state index is 0.0765. The first-order chi connectivity index (χ1) is 19.4. The SMILES string of the molecule is CCCc1c(Cc2ccc(-c3ccccc3C#N)c(F)c2)c(=O)n([C@H]2CC[C@H](OCC(=O)O)CC2)c2ccnn12. The van der Waals surface area contributed by atoms with Crippen molar-refractivity contribution in [2.24, 2.45) is 0 Å². The molecule has 0 bridgehead atoms. The molecule has 0 amide bonds.